The normalized spacial score (nSPS) is 16.9. The summed E-state index contributed by atoms with van der Waals surface area (Å²) in [6.45, 7) is 5.04. The van der Waals surface area contributed by atoms with Crippen LogP contribution in [0.4, 0.5) is 10.7 Å². The van der Waals surface area contributed by atoms with Gasteiger partial charge < -0.3 is 28.2 Å². The van der Waals surface area contributed by atoms with Gasteiger partial charge in [-0.15, -0.1) is 0 Å². The van der Waals surface area contributed by atoms with Crippen LogP contribution in [0.1, 0.15) is 11.6 Å². The molecule has 12 nitrogen and oxygen atoms in total. The number of carbonyl (C=O) groups is 1. The number of rotatable bonds is 5. The first-order valence-corrected chi connectivity index (χ1v) is 12.7. The summed E-state index contributed by atoms with van der Waals surface area (Å²) < 4.78 is 38.9. The van der Waals surface area contributed by atoms with Crippen molar-refractivity contribution in [2.24, 2.45) is 0 Å². The van der Waals surface area contributed by atoms with E-state index in [1.54, 1.807) is 37.5 Å². The predicted molar refractivity (Wildman–Crippen MR) is 127 cm³/mol. The average molecular weight is 502 g/mol. The van der Waals surface area contributed by atoms with Gasteiger partial charge >= 0.3 is 16.1 Å². The Morgan fingerprint density at radius 3 is 2.46 bits per heavy atom. The molecule has 2 aliphatic heterocycles. The van der Waals surface area contributed by atoms with Crippen LogP contribution in [-0.4, -0.2) is 97.3 Å². The molecular weight excluding hydrogens is 474 g/mol. The maximum absolute atomic E-state index is 13.0. The third-order valence-electron chi connectivity index (χ3n) is 6.08. The molecule has 0 N–H and O–H groups in total. The van der Waals surface area contributed by atoms with Crippen LogP contribution in [0, 0.1) is 6.92 Å². The lowest BCUT2D eigenvalue weighted by atomic mass is 10.1. The van der Waals surface area contributed by atoms with Gasteiger partial charge in [0.05, 0.1) is 25.6 Å². The fourth-order valence-corrected chi connectivity index (χ4v) is 4.93. The van der Waals surface area contributed by atoms with Crippen LogP contribution in [0.25, 0.3) is 11.2 Å². The number of anilines is 1. The van der Waals surface area contributed by atoms with Gasteiger partial charge in [-0.25, -0.2) is 9.78 Å². The van der Waals surface area contributed by atoms with Gasteiger partial charge in [-0.05, 0) is 19.1 Å². The van der Waals surface area contributed by atoms with E-state index in [1.807, 2.05) is 16.4 Å². The second-order valence-corrected chi connectivity index (χ2v) is 10.4. The Morgan fingerprint density at radius 2 is 1.80 bits per heavy atom. The van der Waals surface area contributed by atoms with Gasteiger partial charge in [0.2, 0.25) is 5.95 Å². The van der Waals surface area contributed by atoms with E-state index < -0.39 is 10.1 Å². The van der Waals surface area contributed by atoms with Gasteiger partial charge in [0.25, 0.3) is 5.88 Å². The molecule has 2 fully saturated rings. The monoisotopic (exact) mass is 501 g/mol. The van der Waals surface area contributed by atoms with E-state index in [1.165, 1.54) is 17.0 Å². The molecule has 0 saturated carbocycles. The largest absolute Gasteiger partial charge is 0.378 e. The van der Waals surface area contributed by atoms with Crippen molar-refractivity contribution in [1.82, 2.24) is 29.3 Å². The second kappa shape index (κ2) is 8.96. The van der Waals surface area contributed by atoms with Crippen molar-refractivity contribution in [2.45, 2.75) is 17.9 Å². The highest BCUT2D eigenvalue weighted by atomic mass is 32.2. The van der Waals surface area contributed by atoms with Gasteiger partial charge in [0.1, 0.15) is 4.90 Å². The highest BCUT2D eigenvalue weighted by Gasteiger charge is 2.35. The van der Waals surface area contributed by atoms with E-state index >= 15 is 0 Å². The number of nitrogens with zero attached hydrogens (tertiary/aromatic N) is 7. The first kappa shape index (κ1) is 23.3. The third-order valence-corrected chi connectivity index (χ3v) is 7.31. The summed E-state index contributed by atoms with van der Waals surface area (Å²) >= 11 is 0. The fourth-order valence-electron chi connectivity index (χ4n) is 4.04. The molecule has 0 spiro atoms. The molecular formula is C22H27N7O5S. The Labute approximate surface area is 203 Å². The lowest BCUT2D eigenvalue weighted by Crippen LogP contribution is -2.53. The van der Waals surface area contributed by atoms with E-state index in [4.69, 9.17) is 13.9 Å². The molecule has 5 rings (SSSR count). The smallest absolute Gasteiger partial charge is 0.340 e. The molecule has 35 heavy (non-hydrogen) atoms. The number of urea groups is 1. The summed E-state index contributed by atoms with van der Waals surface area (Å²) in [4.78, 5) is 31.0. The van der Waals surface area contributed by atoms with Crippen molar-refractivity contribution in [1.29, 1.82) is 0 Å². The summed E-state index contributed by atoms with van der Waals surface area (Å²) in [6.07, 6.45) is 1.59. The van der Waals surface area contributed by atoms with Gasteiger partial charge in [-0.1, -0.05) is 17.7 Å². The minimum atomic E-state index is -4.14. The number of morpholine rings is 1. The molecule has 4 heterocycles. The molecule has 186 valence electrons. The number of aromatic nitrogens is 4. The van der Waals surface area contributed by atoms with Crippen LogP contribution in [0.5, 0.6) is 5.88 Å². The van der Waals surface area contributed by atoms with Gasteiger partial charge in [0.15, 0.2) is 11.2 Å². The van der Waals surface area contributed by atoms with Crippen molar-refractivity contribution < 1.29 is 22.1 Å². The zero-order valence-electron chi connectivity index (χ0n) is 19.8. The average Bonchev–Trinajstić information content (AvgIpc) is 3.22. The van der Waals surface area contributed by atoms with Crippen LogP contribution in [0.15, 0.2) is 35.5 Å². The van der Waals surface area contributed by atoms with Crippen LogP contribution >= 0.6 is 0 Å². The molecule has 0 aliphatic carbocycles. The predicted octanol–water partition coefficient (Wildman–Crippen LogP) is 1.28. The number of ether oxygens (including phenoxy) is 1. The first-order chi connectivity index (χ1) is 16.7. The van der Waals surface area contributed by atoms with Crippen molar-refractivity contribution >= 4 is 33.3 Å². The molecule has 1 aromatic carbocycles. The number of aryl methyl sites for hydroxylation is 1. The van der Waals surface area contributed by atoms with Crippen LogP contribution in [0.3, 0.4) is 0 Å². The molecule has 2 saturated heterocycles. The molecule has 3 aromatic rings. The van der Waals surface area contributed by atoms with Crippen LogP contribution < -0.4 is 9.08 Å². The minimum absolute atomic E-state index is 0.0269. The van der Waals surface area contributed by atoms with E-state index in [0.29, 0.717) is 51.0 Å². The summed E-state index contributed by atoms with van der Waals surface area (Å²) in [5.41, 5.74) is 1.64. The van der Waals surface area contributed by atoms with E-state index in [2.05, 4.69) is 9.97 Å². The third kappa shape index (κ3) is 4.48. The maximum Gasteiger partial charge on any atom is 0.340 e. The molecule has 0 radical (unpaired) electrons. The number of hydrogen-bond acceptors (Lipinski definition) is 9. The highest BCUT2D eigenvalue weighted by molar-refractivity contribution is 7.87. The molecule has 2 aliphatic rings. The lowest BCUT2D eigenvalue weighted by molar-refractivity contribution is 0.107. The molecule has 0 atom stereocenters. The van der Waals surface area contributed by atoms with Gasteiger partial charge in [0, 0.05) is 40.3 Å². The van der Waals surface area contributed by atoms with Crippen molar-refractivity contribution in [3.05, 3.63) is 36.2 Å². The molecule has 0 bridgehead atoms. The number of fused-ring (bicyclic) bond motifs is 1. The van der Waals surface area contributed by atoms with E-state index in [-0.39, 0.29) is 28.4 Å². The van der Waals surface area contributed by atoms with E-state index in [0.717, 1.165) is 5.56 Å². The van der Waals surface area contributed by atoms with Crippen molar-refractivity contribution in [2.75, 3.05) is 58.4 Å². The van der Waals surface area contributed by atoms with Crippen molar-refractivity contribution in [3.8, 4) is 5.88 Å². The Hall–Kier alpha value is -3.45. The number of benzene rings is 1. The molecule has 2 amide bonds. The topological polar surface area (TPSA) is 123 Å². The van der Waals surface area contributed by atoms with Crippen LogP contribution in [-0.2, 0) is 14.9 Å². The Bertz CT molecular complexity index is 1340. The number of imidazole rings is 1. The summed E-state index contributed by atoms with van der Waals surface area (Å²) in [5, 5.41) is 0. The standard InChI is InChI=1S/C22H27N7O5S/c1-15-4-6-17(7-5-15)35(31,32)34-20-18-19(24-21(25-20)27-8-10-33-11-9-27)29(14-23-18)16-12-28(13-16)22(30)26(2)3/h4-7,14,16H,8-13H2,1-3H3. The quantitative estimate of drug-likeness (QED) is 0.476. The zero-order valence-corrected chi connectivity index (χ0v) is 20.6. The SMILES string of the molecule is Cc1ccc(S(=O)(=O)Oc2nc(N3CCOCC3)nc3c2ncn3C2CN(C(=O)N(C)C)C2)cc1. The Morgan fingerprint density at radius 1 is 1.11 bits per heavy atom. The second-order valence-electron chi connectivity index (χ2n) is 8.84. The van der Waals surface area contributed by atoms with E-state index in [9.17, 15) is 13.2 Å². The maximum atomic E-state index is 13.0. The number of carbonyl (C=O) groups excluding carboxylic acids is 1. The number of amides is 2. The summed E-state index contributed by atoms with van der Waals surface area (Å²) in [5.74, 6) is 0.216. The summed E-state index contributed by atoms with van der Waals surface area (Å²) in [6, 6.07) is 6.29. The highest BCUT2D eigenvalue weighted by Crippen LogP contribution is 2.31. The number of hydrogen-bond donors (Lipinski definition) is 0. The number of likely N-dealkylation sites (tertiary alicyclic amines) is 1. The minimum Gasteiger partial charge on any atom is -0.378 e. The van der Waals surface area contributed by atoms with Gasteiger partial charge in [-0.2, -0.15) is 18.4 Å². The Kier molecular flexibility index (Phi) is 5.97. The van der Waals surface area contributed by atoms with Crippen molar-refractivity contribution in [3.63, 3.8) is 0 Å². The zero-order chi connectivity index (χ0) is 24.7. The molecule has 13 heteroatoms. The molecule has 2 aromatic heterocycles. The van der Waals surface area contributed by atoms with Crippen LogP contribution in [0.2, 0.25) is 0 Å². The van der Waals surface area contributed by atoms with Gasteiger partial charge in [-0.3, -0.25) is 0 Å². The summed E-state index contributed by atoms with van der Waals surface area (Å²) in [7, 11) is -0.721. The Balaban J connectivity index is 1.52. The molecule has 0 unspecified atom stereocenters. The fraction of sp³-hybridized carbons (Fsp3) is 0.455. The lowest BCUT2D eigenvalue weighted by Gasteiger charge is -2.41. The first-order valence-electron chi connectivity index (χ1n) is 11.3.